The summed E-state index contributed by atoms with van der Waals surface area (Å²) in [6.07, 6.45) is 3.01. The van der Waals surface area contributed by atoms with Crippen LogP contribution >= 0.6 is 0 Å². The Morgan fingerprint density at radius 1 is 0.966 bits per heavy atom. The fourth-order valence-electron chi connectivity index (χ4n) is 3.78. The van der Waals surface area contributed by atoms with Crippen molar-refractivity contribution in [1.82, 2.24) is 9.88 Å². The summed E-state index contributed by atoms with van der Waals surface area (Å²) in [5, 5.41) is 11.0. The van der Waals surface area contributed by atoms with Crippen molar-refractivity contribution >= 4 is 0 Å². The molecule has 2 heterocycles. The van der Waals surface area contributed by atoms with Gasteiger partial charge in [0.15, 0.2) is 0 Å². The standard InChI is InChI=1S/C24H25FN2O2/c25-21-10-8-20(9-11-21)24(28)12-15-27(16-13-24)17-19-5-1-2-7-23(19)29-18-22-6-3-4-14-26-22/h1-11,14,28H,12-13,15-18H2. The Balaban J connectivity index is 1.37. The maximum Gasteiger partial charge on any atom is 0.130 e. The minimum absolute atomic E-state index is 0.280. The average Bonchev–Trinajstić information content (AvgIpc) is 2.76. The number of piperidine rings is 1. The zero-order valence-electron chi connectivity index (χ0n) is 16.3. The fourth-order valence-corrected chi connectivity index (χ4v) is 3.78. The van der Waals surface area contributed by atoms with Gasteiger partial charge >= 0.3 is 0 Å². The molecule has 0 aliphatic carbocycles. The van der Waals surface area contributed by atoms with E-state index in [9.17, 15) is 9.50 Å². The molecule has 0 atom stereocenters. The van der Waals surface area contributed by atoms with Gasteiger partial charge < -0.3 is 9.84 Å². The molecule has 0 amide bonds. The summed E-state index contributed by atoms with van der Waals surface area (Å²) in [5.74, 6) is 0.578. The summed E-state index contributed by atoms with van der Waals surface area (Å²) in [5.41, 5.74) is 1.91. The lowest BCUT2D eigenvalue weighted by molar-refractivity contribution is -0.0279. The van der Waals surface area contributed by atoms with Crippen LogP contribution in [0.5, 0.6) is 5.75 Å². The van der Waals surface area contributed by atoms with Crippen LogP contribution in [-0.4, -0.2) is 28.1 Å². The molecule has 3 aromatic rings. The summed E-state index contributed by atoms with van der Waals surface area (Å²) >= 11 is 0. The molecule has 4 rings (SSSR count). The van der Waals surface area contributed by atoms with Gasteiger partial charge in [0, 0.05) is 31.4 Å². The monoisotopic (exact) mass is 392 g/mol. The van der Waals surface area contributed by atoms with Gasteiger partial charge in [-0.1, -0.05) is 36.4 Å². The lowest BCUT2D eigenvalue weighted by Gasteiger charge is -2.38. The van der Waals surface area contributed by atoms with Crippen LogP contribution in [0.4, 0.5) is 4.39 Å². The molecule has 1 saturated heterocycles. The molecule has 4 nitrogen and oxygen atoms in total. The molecule has 1 fully saturated rings. The van der Waals surface area contributed by atoms with Gasteiger partial charge in [0.2, 0.25) is 0 Å². The number of halogens is 1. The van der Waals surface area contributed by atoms with Gasteiger partial charge in [0.1, 0.15) is 18.2 Å². The van der Waals surface area contributed by atoms with E-state index in [1.807, 2.05) is 36.4 Å². The Bertz CT molecular complexity index is 923. The first-order valence-corrected chi connectivity index (χ1v) is 9.94. The van der Waals surface area contributed by atoms with Crippen LogP contribution in [0.1, 0.15) is 29.7 Å². The van der Waals surface area contributed by atoms with Crippen molar-refractivity contribution < 1.29 is 14.2 Å². The first-order chi connectivity index (χ1) is 14.1. The largest absolute Gasteiger partial charge is 0.487 e. The van der Waals surface area contributed by atoms with E-state index in [0.29, 0.717) is 19.4 Å². The topological polar surface area (TPSA) is 45.6 Å². The predicted octanol–water partition coefficient (Wildman–Crippen LogP) is 4.28. The number of hydrogen-bond acceptors (Lipinski definition) is 4. The number of likely N-dealkylation sites (tertiary alicyclic amines) is 1. The number of pyridine rings is 1. The van der Waals surface area contributed by atoms with Crippen LogP contribution in [0.2, 0.25) is 0 Å². The molecule has 1 aromatic heterocycles. The third kappa shape index (κ3) is 4.81. The zero-order valence-corrected chi connectivity index (χ0v) is 16.3. The molecule has 1 aliphatic rings. The number of rotatable bonds is 6. The van der Waals surface area contributed by atoms with Gasteiger partial charge in [-0.25, -0.2) is 4.39 Å². The first kappa shape index (κ1) is 19.6. The van der Waals surface area contributed by atoms with Crippen LogP contribution in [0.15, 0.2) is 72.9 Å². The number of ether oxygens (including phenoxy) is 1. The quantitative estimate of drug-likeness (QED) is 0.680. The van der Waals surface area contributed by atoms with Crippen molar-refractivity contribution in [2.24, 2.45) is 0 Å². The molecule has 1 aliphatic heterocycles. The molecule has 150 valence electrons. The van der Waals surface area contributed by atoms with Gasteiger partial charge in [0.05, 0.1) is 11.3 Å². The third-order valence-electron chi connectivity index (χ3n) is 5.53. The summed E-state index contributed by atoms with van der Waals surface area (Å²) in [6, 6.07) is 20.0. The van der Waals surface area contributed by atoms with E-state index in [4.69, 9.17) is 4.74 Å². The number of hydrogen-bond donors (Lipinski definition) is 1. The Kier molecular flexibility index (Phi) is 5.88. The second-order valence-corrected chi connectivity index (χ2v) is 7.53. The van der Waals surface area contributed by atoms with Crippen LogP contribution in [-0.2, 0) is 18.8 Å². The van der Waals surface area contributed by atoms with Crippen molar-refractivity contribution in [3.8, 4) is 5.75 Å². The Labute approximate surface area is 170 Å². The second kappa shape index (κ2) is 8.72. The van der Waals surface area contributed by atoms with Crippen molar-refractivity contribution in [1.29, 1.82) is 0 Å². The van der Waals surface area contributed by atoms with Gasteiger partial charge in [-0.15, -0.1) is 0 Å². The van der Waals surface area contributed by atoms with Crippen molar-refractivity contribution in [3.63, 3.8) is 0 Å². The molecule has 0 radical (unpaired) electrons. The van der Waals surface area contributed by atoms with Crippen LogP contribution in [0, 0.1) is 5.82 Å². The molecule has 5 heteroatoms. The smallest absolute Gasteiger partial charge is 0.130 e. The summed E-state index contributed by atoms with van der Waals surface area (Å²) in [7, 11) is 0. The van der Waals surface area contributed by atoms with Gasteiger partial charge in [-0.3, -0.25) is 9.88 Å². The highest BCUT2D eigenvalue weighted by molar-refractivity contribution is 5.33. The minimum Gasteiger partial charge on any atom is -0.487 e. The predicted molar refractivity (Wildman–Crippen MR) is 110 cm³/mol. The van der Waals surface area contributed by atoms with Crippen molar-refractivity contribution in [2.45, 2.75) is 31.6 Å². The van der Waals surface area contributed by atoms with Crippen LogP contribution < -0.4 is 4.74 Å². The highest BCUT2D eigenvalue weighted by atomic mass is 19.1. The van der Waals surface area contributed by atoms with Gasteiger partial charge in [-0.2, -0.15) is 0 Å². The summed E-state index contributed by atoms with van der Waals surface area (Å²) in [6.45, 7) is 2.73. The second-order valence-electron chi connectivity index (χ2n) is 7.53. The normalized spacial score (nSPS) is 16.5. The number of para-hydroxylation sites is 1. The molecule has 2 aromatic carbocycles. The SMILES string of the molecule is OC1(c2ccc(F)cc2)CCN(Cc2ccccc2OCc2ccccn2)CC1. The van der Waals surface area contributed by atoms with Crippen LogP contribution in [0.3, 0.4) is 0 Å². The van der Waals surface area contributed by atoms with E-state index < -0.39 is 5.60 Å². The first-order valence-electron chi connectivity index (χ1n) is 9.94. The van der Waals surface area contributed by atoms with E-state index in [0.717, 1.165) is 42.2 Å². The molecule has 0 unspecified atom stereocenters. The lowest BCUT2D eigenvalue weighted by atomic mass is 9.84. The third-order valence-corrected chi connectivity index (χ3v) is 5.53. The van der Waals surface area contributed by atoms with Gasteiger partial charge in [-0.05, 0) is 48.7 Å². The molecular formula is C24H25FN2O2. The molecule has 1 N–H and O–H groups in total. The molecule has 0 spiro atoms. The Morgan fingerprint density at radius 2 is 1.69 bits per heavy atom. The number of aliphatic hydroxyl groups is 1. The zero-order chi connectivity index (χ0) is 20.1. The van der Waals surface area contributed by atoms with Crippen molar-refractivity contribution in [2.75, 3.05) is 13.1 Å². The van der Waals surface area contributed by atoms with Crippen LogP contribution in [0.25, 0.3) is 0 Å². The number of benzene rings is 2. The molecule has 0 saturated carbocycles. The fraction of sp³-hybridized carbons (Fsp3) is 0.292. The van der Waals surface area contributed by atoms with Gasteiger partial charge in [0.25, 0.3) is 0 Å². The number of nitrogens with zero attached hydrogens (tertiary/aromatic N) is 2. The summed E-state index contributed by atoms with van der Waals surface area (Å²) < 4.78 is 19.2. The molecule has 29 heavy (non-hydrogen) atoms. The van der Waals surface area contributed by atoms with E-state index in [2.05, 4.69) is 16.0 Å². The summed E-state index contributed by atoms with van der Waals surface area (Å²) in [4.78, 5) is 6.62. The average molecular weight is 392 g/mol. The Morgan fingerprint density at radius 3 is 2.41 bits per heavy atom. The molecule has 0 bridgehead atoms. The molecular weight excluding hydrogens is 367 g/mol. The number of aromatic nitrogens is 1. The van der Waals surface area contributed by atoms with E-state index in [1.54, 1.807) is 18.3 Å². The Hall–Kier alpha value is -2.76. The maximum absolute atomic E-state index is 13.2. The maximum atomic E-state index is 13.2. The van der Waals surface area contributed by atoms with Crippen molar-refractivity contribution in [3.05, 3.63) is 95.6 Å². The van der Waals surface area contributed by atoms with E-state index >= 15 is 0 Å². The van der Waals surface area contributed by atoms with E-state index in [-0.39, 0.29) is 5.82 Å². The highest BCUT2D eigenvalue weighted by Crippen LogP contribution is 2.34. The lowest BCUT2D eigenvalue weighted by Crippen LogP contribution is -2.42. The van der Waals surface area contributed by atoms with E-state index in [1.165, 1.54) is 12.1 Å². The highest BCUT2D eigenvalue weighted by Gasteiger charge is 2.34. The minimum atomic E-state index is -0.890.